The number of hydrogen-bond acceptors (Lipinski definition) is 2. The highest BCUT2D eigenvalue weighted by Crippen LogP contribution is 2.31. The summed E-state index contributed by atoms with van der Waals surface area (Å²) in [6, 6.07) is 4.94. The highest BCUT2D eigenvalue weighted by atomic mass is 19.4. The number of rotatable bonds is 3. The van der Waals surface area contributed by atoms with Gasteiger partial charge in [0.15, 0.2) is 0 Å². The van der Waals surface area contributed by atoms with Gasteiger partial charge in [-0.1, -0.05) is 19.1 Å². The predicted octanol–water partition coefficient (Wildman–Crippen LogP) is 3.08. The molecule has 19 heavy (non-hydrogen) atoms. The van der Waals surface area contributed by atoms with Crippen LogP contribution in [0.2, 0.25) is 0 Å². The summed E-state index contributed by atoms with van der Waals surface area (Å²) in [6.45, 7) is 4.33. The molecule has 0 amide bonds. The van der Waals surface area contributed by atoms with Gasteiger partial charge in [0.1, 0.15) is 0 Å². The molecule has 0 saturated carbocycles. The third-order valence-corrected chi connectivity index (χ3v) is 3.54. The molecule has 1 heterocycles. The van der Waals surface area contributed by atoms with Crippen LogP contribution in [0.15, 0.2) is 24.3 Å². The number of likely N-dealkylation sites (tertiary alicyclic amines) is 1. The van der Waals surface area contributed by atoms with Gasteiger partial charge in [-0.2, -0.15) is 13.2 Å². The van der Waals surface area contributed by atoms with Crippen LogP contribution in [0, 0.1) is 5.92 Å². The van der Waals surface area contributed by atoms with Crippen molar-refractivity contribution < 1.29 is 18.3 Å². The predicted molar refractivity (Wildman–Crippen MR) is 66.6 cm³/mol. The van der Waals surface area contributed by atoms with Crippen molar-refractivity contribution in [3.8, 4) is 0 Å². The van der Waals surface area contributed by atoms with E-state index in [0.29, 0.717) is 18.0 Å². The molecule has 1 fully saturated rings. The van der Waals surface area contributed by atoms with Crippen molar-refractivity contribution in [2.75, 3.05) is 19.6 Å². The Bertz CT molecular complexity index is 433. The van der Waals surface area contributed by atoms with Crippen molar-refractivity contribution in [3.05, 3.63) is 35.4 Å². The maximum atomic E-state index is 12.6. The van der Waals surface area contributed by atoms with Gasteiger partial charge in [0.2, 0.25) is 0 Å². The summed E-state index contributed by atoms with van der Waals surface area (Å²) in [4.78, 5) is 2.09. The van der Waals surface area contributed by atoms with Gasteiger partial charge in [0.05, 0.1) is 11.7 Å². The lowest BCUT2D eigenvalue weighted by atomic mass is 10.1. The van der Waals surface area contributed by atoms with Crippen LogP contribution < -0.4 is 0 Å². The van der Waals surface area contributed by atoms with E-state index < -0.39 is 17.8 Å². The molecule has 1 aliphatic heterocycles. The van der Waals surface area contributed by atoms with Gasteiger partial charge in [-0.25, -0.2) is 0 Å². The monoisotopic (exact) mass is 273 g/mol. The molecule has 0 aliphatic carbocycles. The lowest BCUT2D eigenvalue weighted by Crippen LogP contribution is -2.26. The van der Waals surface area contributed by atoms with Crippen LogP contribution in [-0.2, 0) is 6.18 Å². The second kappa shape index (κ2) is 5.51. The fourth-order valence-electron chi connectivity index (χ4n) is 2.46. The topological polar surface area (TPSA) is 23.5 Å². The molecule has 1 N–H and O–H groups in total. The second-order valence-electron chi connectivity index (χ2n) is 5.29. The Morgan fingerprint density at radius 2 is 2.16 bits per heavy atom. The Morgan fingerprint density at radius 3 is 2.74 bits per heavy atom. The van der Waals surface area contributed by atoms with Crippen LogP contribution in [0.4, 0.5) is 13.2 Å². The molecule has 0 bridgehead atoms. The maximum absolute atomic E-state index is 12.6. The number of nitrogens with zero attached hydrogens (tertiary/aromatic N) is 1. The van der Waals surface area contributed by atoms with Crippen molar-refractivity contribution >= 4 is 0 Å². The first-order valence-corrected chi connectivity index (χ1v) is 6.44. The van der Waals surface area contributed by atoms with Crippen LogP contribution in [0.25, 0.3) is 0 Å². The van der Waals surface area contributed by atoms with Gasteiger partial charge in [0, 0.05) is 13.1 Å². The smallest absolute Gasteiger partial charge is 0.387 e. The third-order valence-electron chi connectivity index (χ3n) is 3.54. The van der Waals surface area contributed by atoms with E-state index in [-0.39, 0.29) is 0 Å². The summed E-state index contributed by atoms with van der Waals surface area (Å²) >= 11 is 0. The Kier molecular flexibility index (Phi) is 4.16. The molecule has 1 aromatic carbocycles. The van der Waals surface area contributed by atoms with E-state index in [0.717, 1.165) is 31.6 Å². The highest BCUT2D eigenvalue weighted by molar-refractivity contribution is 5.27. The molecule has 106 valence electrons. The molecule has 5 heteroatoms. The Balaban J connectivity index is 2.05. The van der Waals surface area contributed by atoms with E-state index in [1.54, 1.807) is 6.07 Å². The Labute approximate surface area is 110 Å². The van der Waals surface area contributed by atoms with Crippen LogP contribution in [-0.4, -0.2) is 29.6 Å². The summed E-state index contributed by atoms with van der Waals surface area (Å²) in [5, 5.41) is 10.0. The average molecular weight is 273 g/mol. The molecule has 0 radical (unpaired) electrons. The molecule has 1 aromatic rings. The second-order valence-corrected chi connectivity index (χ2v) is 5.29. The number of alkyl halides is 3. The molecule has 2 unspecified atom stereocenters. The van der Waals surface area contributed by atoms with E-state index >= 15 is 0 Å². The van der Waals surface area contributed by atoms with Crippen molar-refractivity contribution in [1.82, 2.24) is 4.90 Å². The summed E-state index contributed by atoms with van der Waals surface area (Å²) < 4.78 is 37.8. The van der Waals surface area contributed by atoms with Gasteiger partial charge in [-0.15, -0.1) is 0 Å². The van der Waals surface area contributed by atoms with Crippen molar-refractivity contribution in [3.63, 3.8) is 0 Å². The van der Waals surface area contributed by atoms with E-state index in [2.05, 4.69) is 11.8 Å². The van der Waals surface area contributed by atoms with E-state index in [1.807, 2.05) is 0 Å². The fraction of sp³-hybridized carbons (Fsp3) is 0.571. The number of benzene rings is 1. The van der Waals surface area contributed by atoms with Crippen LogP contribution in [0.5, 0.6) is 0 Å². The van der Waals surface area contributed by atoms with Crippen LogP contribution >= 0.6 is 0 Å². The highest BCUT2D eigenvalue weighted by Gasteiger charge is 2.31. The molecule has 1 aliphatic rings. The first kappa shape index (κ1) is 14.3. The van der Waals surface area contributed by atoms with Crippen LogP contribution in [0.3, 0.4) is 0 Å². The van der Waals surface area contributed by atoms with Crippen molar-refractivity contribution in [2.24, 2.45) is 5.92 Å². The summed E-state index contributed by atoms with van der Waals surface area (Å²) in [6.07, 6.45) is -4.15. The molecule has 0 spiro atoms. The fourth-order valence-corrected chi connectivity index (χ4v) is 2.46. The lowest BCUT2D eigenvalue weighted by molar-refractivity contribution is -0.137. The van der Waals surface area contributed by atoms with Gasteiger partial charge < -0.3 is 10.0 Å². The zero-order valence-electron chi connectivity index (χ0n) is 10.8. The molecule has 2 nitrogen and oxygen atoms in total. The average Bonchev–Trinajstić information content (AvgIpc) is 2.74. The number of aliphatic hydroxyl groups excluding tert-OH is 1. The zero-order valence-corrected chi connectivity index (χ0v) is 10.8. The minimum Gasteiger partial charge on any atom is -0.387 e. The Morgan fingerprint density at radius 1 is 1.42 bits per heavy atom. The first-order valence-electron chi connectivity index (χ1n) is 6.44. The maximum Gasteiger partial charge on any atom is 0.416 e. The van der Waals surface area contributed by atoms with E-state index in [4.69, 9.17) is 0 Å². The summed E-state index contributed by atoms with van der Waals surface area (Å²) in [5.74, 6) is 0.591. The molecule has 2 rings (SSSR count). The number of halogens is 3. The third kappa shape index (κ3) is 3.70. The largest absolute Gasteiger partial charge is 0.416 e. The molecular formula is C14H18F3NO. The normalized spacial score (nSPS) is 22.7. The molecule has 1 saturated heterocycles. The quantitative estimate of drug-likeness (QED) is 0.915. The lowest BCUT2D eigenvalue weighted by Gasteiger charge is -2.20. The van der Waals surface area contributed by atoms with Gasteiger partial charge in [-0.05, 0) is 36.6 Å². The Hall–Kier alpha value is -1.07. The van der Waals surface area contributed by atoms with Crippen LogP contribution in [0.1, 0.15) is 30.6 Å². The number of hydrogen-bond donors (Lipinski definition) is 1. The SMILES string of the molecule is CC1CCN(CC(O)c2cccc(C(F)(F)F)c2)C1. The summed E-state index contributed by atoms with van der Waals surface area (Å²) in [5.41, 5.74) is -0.381. The first-order chi connectivity index (χ1) is 8.86. The minimum absolute atomic E-state index is 0.328. The van der Waals surface area contributed by atoms with Gasteiger partial charge in [-0.3, -0.25) is 0 Å². The standard InChI is InChI=1S/C14H18F3NO/c1-10-5-6-18(8-10)9-13(19)11-3-2-4-12(7-11)14(15,16)17/h2-4,7,10,13,19H,5-6,8-9H2,1H3. The molecule has 0 aromatic heterocycles. The van der Waals surface area contributed by atoms with Gasteiger partial charge in [0.25, 0.3) is 0 Å². The zero-order chi connectivity index (χ0) is 14.0. The molecule has 2 atom stereocenters. The van der Waals surface area contributed by atoms with Crippen molar-refractivity contribution in [1.29, 1.82) is 0 Å². The number of β-amino-alcohol motifs (C(OH)–C–C–N with tert-alkyl or cyclic N) is 1. The number of aliphatic hydroxyl groups is 1. The van der Waals surface area contributed by atoms with E-state index in [9.17, 15) is 18.3 Å². The molecular weight excluding hydrogens is 255 g/mol. The van der Waals surface area contributed by atoms with Crippen molar-refractivity contribution in [2.45, 2.75) is 25.6 Å². The minimum atomic E-state index is -4.36. The van der Waals surface area contributed by atoms with E-state index in [1.165, 1.54) is 6.07 Å². The van der Waals surface area contributed by atoms with Gasteiger partial charge >= 0.3 is 6.18 Å². The summed E-state index contributed by atoms with van der Waals surface area (Å²) in [7, 11) is 0.